The van der Waals surface area contributed by atoms with Gasteiger partial charge in [-0.2, -0.15) is 0 Å². The van der Waals surface area contributed by atoms with Crippen LogP contribution in [0.4, 0.5) is 11.4 Å². The lowest BCUT2D eigenvalue weighted by Gasteiger charge is -2.34. The number of anilines is 2. The van der Waals surface area contributed by atoms with E-state index in [4.69, 9.17) is 4.74 Å². The van der Waals surface area contributed by atoms with E-state index < -0.39 is 5.97 Å². The molecule has 4 rings (SSSR count). The molecule has 0 bridgehead atoms. The molecule has 1 aliphatic carbocycles. The van der Waals surface area contributed by atoms with Crippen LogP contribution < -0.4 is 10.2 Å². The van der Waals surface area contributed by atoms with Crippen molar-refractivity contribution in [2.24, 2.45) is 11.8 Å². The van der Waals surface area contributed by atoms with Gasteiger partial charge >= 0.3 is 5.97 Å². The number of thiophene rings is 1. The molecular weight excluding hydrogens is 510 g/mol. The van der Waals surface area contributed by atoms with Crippen molar-refractivity contribution in [3.05, 3.63) is 51.8 Å². The van der Waals surface area contributed by atoms with Crippen LogP contribution in [-0.4, -0.2) is 47.6 Å². The molecule has 1 atom stereocenters. The maximum atomic E-state index is 13.7. The van der Waals surface area contributed by atoms with Crippen molar-refractivity contribution in [1.82, 2.24) is 4.98 Å². The molecule has 0 spiro atoms. The van der Waals surface area contributed by atoms with Crippen LogP contribution >= 0.6 is 22.7 Å². The standard InChI is InChI=1S/C27H31N3O5S2/c1-16-4-6-19(7-5-16)26(32)30(17(2)13-35-3)22-12-23(37-24(22)27(33)34)18-8-10-20(11-9-18)29-25(31)21-14-36-15-28-21/h8-12,14-17,19H,4-7,13H2,1-3H3,(H,29,31)(H,33,34)/t16-,17?,19-. The first-order valence-electron chi connectivity index (χ1n) is 12.3. The monoisotopic (exact) mass is 541 g/mol. The zero-order valence-corrected chi connectivity index (χ0v) is 22.7. The number of nitrogens with zero attached hydrogens (tertiary/aromatic N) is 2. The number of methoxy groups -OCH3 is 1. The first kappa shape index (κ1) is 27.0. The molecule has 1 saturated carbocycles. The second kappa shape index (κ2) is 12.0. The number of carboxylic acid groups (broad SMARTS) is 1. The van der Waals surface area contributed by atoms with E-state index in [-0.39, 0.29) is 28.7 Å². The first-order valence-corrected chi connectivity index (χ1v) is 14.0. The minimum absolute atomic E-state index is 0.0385. The number of hydrogen-bond donors (Lipinski definition) is 2. The molecule has 8 nitrogen and oxygen atoms in total. The van der Waals surface area contributed by atoms with Crippen molar-refractivity contribution >= 4 is 51.8 Å². The topological polar surface area (TPSA) is 109 Å². The Hall–Kier alpha value is -3.08. The summed E-state index contributed by atoms with van der Waals surface area (Å²) in [6, 6.07) is 8.64. The van der Waals surface area contributed by atoms with E-state index in [0.717, 1.165) is 47.5 Å². The Kier molecular flexibility index (Phi) is 8.73. The van der Waals surface area contributed by atoms with Crippen molar-refractivity contribution in [2.45, 2.75) is 45.6 Å². The summed E-state index contributed by atoms with van der Waals surface area (Å²) in [5.74, 6) is -0.924. The maximum absolute atomic E-state index is 13.7. The smallest absolute Gasteiger partial charge is 0.348 e. The molecule has 10 heteroatoms. The van der Waals surface area contributed by atoms with Crippen molar-refractivity contribution in [3.8, 4) is 10.4 Å². The van der Waals surface area contributed by atoms with Gasteiger partial charge in [0.25, 0.3) is 5.91 Å². The Bertz CT molecular complexity index is 1230. The number of hydrogen-bond acceptors (Lipinski definition) is 7. The predicted molar refractivity (Wildman–Crippen MR) is 147 cm³/mol. The molecule has 1 unspecified atom stereocenters. The molecule has 2 N–H and O–H groups in total. The molecule has 2 heterocycles. The third kappa shape index (κ3) is 6.26. The number of thiazole rings is 1. The summed E-state index contributed by atoms with van der Waals surface area (Å²) >= 11 is 2.48. The summed E-state index contributed by atoms with van der Waals surface area (Å²) in [6.45, 7) is 4.39. The van der Waals surface area contributed by atoms with Crippen LogP contribution in [0.1, 0.15) is 59.7 Å². The van der Waals surface area contributed by atoms with E-state index in [0.29, 0.717) is 29.6 Å². The van der Waals surface area contributed by atoms with E-state index in [1.165, 1.54) is 11.3 Å². The Labute approximate surface area is 224 Å². The van der Waals surface area contributed by atoms with Gasteiger partial charge in [0.15, 0.2) is 0 Å². The molecule has 0 saturated heterocycles. The van der Waals surface area contributed by atoms with E-state index in [1.54, 1.807) is 41.1 Å². The van der Waals surface area contributed by atoms with Crippen LogP contribution in [0.3, 0.4) is 0 Å². The van der Waals surface area contributed by atoms with Crippen LogP contribution in [0.15, 0.2) is 41.2 Å². The van der Waals surface area contributed by atoms with E-state index in [9.17, 15) is 19.5 Å². The Morgan fingerprint density at radius 1 is 1.19 bits per heavy atom. The molecule has 3 aromatic rings. The number of nitrogens with one attached hydrogen (secondary N) is 1. The van der Waals surface area contributed by atoms with Crippen LogP contribution in [0.25, 0.3) is 10.4 Å². The number of aromatic carboxylic acids is 1. The average Bonchev–Trinajstić information content (AvgIpc) is 3.56. The number of carbonyl (C=O) groups excluding carboxylic acids is 2. The number of carboxylic acids is 1. The minimum Gasteiger partial charge on any atom is -0.477 e. The highest BCUT2D eigenvalue weighted by Crippen LogP contribution is 2.40. The van der Waals surface area contributed by atoms with Crippen molar-refractivity contribution in [1.29, 1.82) is 0 Å². The Morgan fingerprint density at radius 2 is 1.89 bits per heavy atom. The van der Waals surface area contributed by atoms with Gasteiger partial charge in [-0.1, -0.05) is 19.1 Å². The lowest BCUT2D eigenvalue weighted by Crippen LogP contribution is -2.45. The Morgan fingerprint density at radius 3 is 2.49 bits per heavy atom. The van der Waals surface area contributed by atoms with Gasteiger partial charge in [0.2, 0.25) is 5.91 Å². The van der Waals surface area contributed by atoms with Gasteiger partial charge in [-0.25, -0.2) is 9.78 Å². The second-order valence-corrected chi connectivity index (χ2v) is 11.3. The average molecular weight is 542 g/mol. The summed E-state index contributed by atoms with van der Waals surface area (Å²) in [7, 11) is 1.58. The van der Waals surface area contributed by atoms with Gasteiger partial charge in [-0.05, 0) is 62.3 Å². The molecule has 1 fully saturated rings. The summed E-state index contributed by atoms with van der Waals surface area (Å²) < 4.78 is 5.35. The largest absolute Gasteiger partial charge is 0.477 e. The highest BCUT2D eigenvalue weighted by atomic mass is 32.1. The van der Waals surface area contributed by atoms with Gasteiger partial charge in [-0.15, -0.1) is 22.7 Å². The fraction of sp³-hybridized carbons (Fsp3) is 0.407. The van der Waals surface area contributed by atoms with Crippen LogP contribution in [0, 0.1) is 11.8 Å². The van der Waals surface area contributed by atoms with Crippen molar-refractivity contribution < 1.29 is 24.2 Å². The SMILES string of the molecule is COCC(C)N(c1cc(-c2ccc(NC(=O)c3cscn3)cc2)sc1C(=O)O)C(=O)[C@H]1CC[C@H](C)CC1. The number of carbonyl (C=O) groups is 3. The predicted octanol–water partition coefficient (Wildman–Crippen LogP) is 6.02. The van der Waals surface area contributed by atoms with Gasteiger partial charge in [0.1, 0.15) is 10.6 Å². The number of rotatable bonds is 9. The van der Waals surface area contributed by atoms with Crippen LogP contribution in [-0.2, 0) is 9.53 Å². The first-order chi connectivity index (χ1) is 17.8. The molecule has 196 valence electrons. The van der Waals surface area contributed by atoms with Crippen molar-refractivity contribution in [2.75, 3.05) is 23.9 Å². The molecular formula is C27H31N3O5S2. The summed E-state index contributed by atoms with van der Waals surface area (Å²) in [5, 5.41) is 14.5. The lowest BCUT2D eigenvalue weighted by molar-refractivity contribution is -0.124. The summed E-state index contributed by atoms with van der Waals surface area (Å²) in [4.78, 5) is 44.8. The van der Waals surface area contributed by atoms with E-state index in [2.05, 4.69) is 17.2 Å². The molecule has 2 aromatic heterocycles. The molecule has 1 aromatic carbocycles. The highest BCUT2D eigenvalue weighted by Gasteiger charge is 2.34. The zero-order valence-electron chi connectivity index (χ0n) is 21.1. The third-order valence-corrected chi connectivity index (χ3v) is 8.46. The summed E-state index contributed by atoms with van der Waals surface area (Å²) in [6.07, 6.45) is 3.61. The van der Waals surface area contributed by atoms with Crippen LogP contribution in [0.5, 0.6) is 0 Å². The second-order valence-electron chi connectivity index (χ2n) is 9.50. The highest BCUT2D eigenvalue weighted by molar-refractivity contribution is 7.18. The van der Waals surface area contributed by atoms with Crippen molar-refractivity contribution in [3.63, 3.8) is 0 Å². The molecule has 37 heavy (non-hydrogen) atoms. The number of aromatic nitrogens is 1. The number of benzene rings is 1. The van der Waals surface area contributed by atoms with E-state index >= 15 is 0 Å². The number of amides is 2. The van der Waals surface area contributed by atoms with Gasteiger partial charge in [0, 0.05) is 29.0 Å². The minimum atomic E-state index is -1.07. The normalized spacial score (nSPS) is 18.2. The Balaban J connectivity index is 1.62. The molecule has 0 aliphatic heterocycles. The molecule has 0 radical (unpaired) electrons. The van der Waals surface area contributed by atoms with Gasteiger partial charge < -0.3 is 20.1 Å². The lowest BCUT2D eigenvalue weighted by atomic mass is 9.82. The number of ether oxygens (including phenoxy) is 1. The molecule has 2 amide bonds. The maximum Gasteiger partial charge on any atom is 0.348 e. The van der Waals surface area contributed by atoms with Crippen LogP contribution in [0.2, 0.25) is 0 Å². The van der Waals surface area contributed by atoms with E-state index in [1.807, 2.05) is 19.1 Å². The fourth-order valence-electron chi connectivity index (χ4n) is 4.69. The summed E-state index contributed by atoms with van der Waals surface area (Å²) in [5.41, 5.74) is 3.76. The van der Waals surface area contributed by atoms with Gasteiger partial charge in [0.05, 0.1) is 23.8 Å². The zero-order chi connectivity index (χ0) is 26.5. The van der Waals surface area contributed by atoms with Gasteiger partial charge in [-0.3, -0.25) is 9.59 Å². The third-order valence-electron chi connectivity index (χ3n) is 6.71. The quantitative estimate of drug-likeness (QED) is 0.343. The molecule has 1 aliphatic rings. The fourth-order valence-corrected chi connectivity index (χ4v) is 6.21.